The number of aromatic amines is 1. The first-order chi connectivity index (χ1) is 18.2. The van der Waals surface area contributed by atoms with Gasteiger partial charge in [0.25, 0.3) is 5.56 Å². The fraction of sp³-hybridized carbons (Fsp3) is 0.207. The molecule has 8 nitrogen and oxygen atoms in total. The summed E-state index contributed by atoms with van der Waals surface area (Å²) in [5.74, 6) is -1.82. The number of carbonyl (C=O) groups excluding carboxylic acids is 1. The zero-order chi connectivity index (χ0) is 27.4. The second-order valence-electron chi connectivity index (χ2n) is 9.20. The molecule has 0 saturated heterocycles. The van der Waals surface area contributed by atoms with Crippen molar-refractivity contribution in [3.05, 3.63) is 127 Å². The molecule has 38 heavy (non-hydrogen) atoms. The minimum Gasteiger partial charge on any atom is -0.473 e. The summed E-state index contributed by atoms with van der Waals surface area (Å²) in [6, 6.07) is 18.5. The molecular formula is C29H25FN4O4. The molecule has 0 aliphatic carbocycles. The van der Waals surface area contributed by atoms with Crippen LogP contribution < -0.4 is 16.0 Å². The number of halogens is 1. The molecular weight excluding hydrogens is 487 g/mol. The lowest BCUT2D eigenvalue weighted by molar-refractivity contribution is 0.102. The smallest absolute Gasteiger partial charge is 0.329 e. The standard InChI is InChI=1S/C29H25FN4O4/c1-17(2)25-26(27(35)22-10-18(3)9-20(11-22)14-31)34(29(37)33-28(25)36)15-21-12-23(30)32-24(13-21)38-16-19-7-5-4-6-8-19/h4-13,17H,15-16H2,1-3H3,(H,33,36,37). The van der Waals surface area contributed by atoms with Gasteiger partial charge in [0.15, 0.2) is 0 Å². The zero-order valence-corrected chi connectivity index (χ0v) is 21.1. The molecule has 0 unspecified atom stereocenters. The lowest BCUT2D eigenvalue weighted by Gasteiger charge is -2.18. The second kappa shape index (κ2) is 11.0. The highest BCUT2D eigenvalue weighted by atomic mass is 19.1. The van der Waals surface area contributed by atoms with Gasteiger partial charge in [-0.1, -0.05) is 44.2 Å². The van der Waals surface area contributed by atoms with Gasteiger partial charge in [-0.2, -0.15) is 14.6 Å². The molecule has 2 heterocycles. The highest BCUT2D eigenvalue weighted by molar-refractivity contribution is 6.09. The lowest BCUT2D eigenvalue weighted by Crippen LogP contribution is -2.38. The van der Waals surface area contributed by atoms with Gasteiger partial charge in [-0.15, -0.1) is 0 Å². The molecule has 0 amide bonds. The monoisotopic (exact) mass is 512 g/mol. The minimum atomic E-state index is -0.822. The van der Waals surface area contributed by atoms with Crippen LogP contribution in [0.5, 0.6) is 5.88 Å². The van der Waals surface area contributed by atoms with Gasteiger partial charge in [0.1, 0.15) is 12.3 Å². The van der Waals surface area contributed by atoms with E-state index in [-0.39, 0.29) is 41.4 Å². The van der Waals surface area contributed by atoms with E-state index >= 15 is 0 Å². The van der Waals surface area contributed by atoms with Gasteiger partial charge < -0.3 is 4.74 Å². The molecule has 192 valence electrons. The van der Waals surface area contributed by atoms with Crippen LogP contribution in [-0.2, 0) is 13.2 Å². The Hall–Kier alpha value is -4.84. The van der Waals surface area contributed by atoms with Crippen LogP contribution in [0.4, 0.5) is 4.39 Å². The van der Waals surface area contributed by atoms with Gasteiger partial charge in [0, 0.05) is 17.2 Å². The topological polar surface area (TPSA) is 118 Å². The summed E-state index contributed by atoms with van der Waals surface area (Å²) >= 11 is 0. The second-order valence-corrected chi connectivity index (χ2v) is 9.20. The molecule has 4 aromatic rings. The number of benzene rings is 2. The number of ketones is 1. The van der Waals surface area contributed by atoms with E-state index in [0.29, 0.717) is 11.1 Å². The molecule has 1 N–H and O–H groups in total. The molecule has 2 aromatic carbocycles. The third kappa shape index (κ3) is 5.76. The predicted molar refractivity (Wildman–Crippen MR) is 139 cm³/mol. The molecule has 0 radical (unpaired) electrons. The Bertz CT molecular complexity index is 1670. The van der Waals surface area contributed by atoms with E-state index in [1.54, 1.807) is 32.9 Å². The van der Waals surface area contributed by atoms with Crippen molar-refractivity contribution in [3.8, 4) is 11.9 Å². The molecule has 0 aliphatic heterocycles. The van der Waals surface area contributed by atoms with E-state index in [2.05, 4.69) is 9.97 Å². The van der Waals surface area contributed by atoms with Crippen molar-refractivity contribution < 1.29 is 13.9 Å². The third-order valence-electron chi connectivity index (χ3n) is 5.90. The van der Waals surface area contributed by atoms with Crippen molar-refractivity contribution in [1.29, 1.82) is 5.26 Å². The summed E-state index contributed by atoms with van der Waals surface area (Å²) in [4.78, 5) is 45.6. The number of aryl methyl sites for hydroxylation is 1. The Morgan fingerprint density at radius 2 is 1.84 bits per heavy atom. The van der Waals surface area contributed by atoms with Crippen molar-refractivity contribution in [2.45, 2.75) is 39.8 Å². The third-order valence-corrected chi connectivity index (χ3v) is 5.90. The molecule has 0 spiro atoms. The van der Waals surface area contributed by atoms with Crippen LogP contribution in [0.2, 0.25) is 0 Å². The van der Waals surface area contributed by atoms with Crippen LogP contribution in [0.15, 0.2) is 70.3 Å². The maximum atomic E-state index is 14.4. The molecule has 0 atom stereocenters. The van der Waals surface area contributed by atoms with E-state index in [4.69, 9.17) is 4.74 Å². The normalized spacial score (nSPS) is 10.8. The van der Waals surface area contributed by atoms with Crippen LogP contribution in [0.3, 0.4) is 0 Å². The quantitative estimate of drug-likeness (QED) is 0.279. The van der Waals surface area contributed by atoms with E-state index in [1.165, 1.54) is 12.1 Å². The number of H-pyrrole nitrogens is 1. The maximum Gasteiger partial charge on any atom is 0.329 e. The highest BCUT2D eigenvalue weighted by Crippen LogP contribution is 2.22. The number of nitriles is 1. The fourth-order valence-electron chi connectivity index (χ4n) is 4.24. The average Bonchev–Trinajstić information content (AvgIpc) is 2.88. The number of nitrogens with one attached hydrogen (secondary N) is 1. The van der Waals surface area contributed by atoms with Gasteiger partial charge in [0.2, 0.25) is 17.6 Å². The Balaban J connectivity index is 1.80. The first kappa shape index (κ1) is 26.2. The van der Waals surface area contributed by atoms with E-state index in [0.717, 1.165) is 16.2 Å². The summed E-state index contributed by atoms with van der Waals surface area (Å²) in [5, 5.41) is 9.36. The largest absolute Gasteiger partial charge is 0.473 e. The Morgan fingerprint density at radius 1 is 1.11 bits per heavy atom. The van der Waals surface area contributed by atoms with Crippen LogP contribution in [0, 0.1) is 24.2 Å². The Morgan fingerprint density at radius 3 is 2.53 bits per heavy atom. The number of pyridine rings is 1. The summed E-state index contributed by atoms with van der Waals surface area (Å²) in [6.07, 6.45) is 0. The van der Waals surface area contributed by atoms with Crippen LogP contribution in [0.25, 0.3) is 0 Å². The number of hydrogen-bond acceptors (Lipinski definition) is 6. The van der Waals surface area contributed by atoms with Gasteiger partial charge >= 0.3 is 5.69 Å². The molecule has 0 fully saturated rings. The van der Waals surface area contributed by atoms with Crippen molar-refractivity contribution in [2.75, 3.05) is 0 Å². The van der Waals surface area contributed by atoms with Gasteiger partial charge in [-0.05, 0) is 53.8 Å². The number of ether oxygens (including phenoxy) is 1. The first-order valence-corrected chi connectivity index (χ1v) is 11.9. The summed E-state index contributed by atoms with van der Waals surface area (Å²) in [5.41, 5.74) is 0.780. The zero-order valence-electron chi connectivity index (χ0n) is 21.1. The van der Waals surface area contributed by atoms with Crippen LogP contribution in [0.1, 0.15) is 63.6 Å². The van der Waals surface area contributed by atoms with Crippen LogP contribution in [-0.4, -0.2) is 20.3 Å². The molecule has 0 saturated carbocycles. The van der Waals surface area contributed by atoms with Crippen molar-refractivity contribution >= 4 is 5.78 Å². The van der Waals surface area contributed by atoms with Crippen LogP contribution >= 0.6 is 0 Å². The summed E-state index contributed by atoms with van der Waals surface area (Å²) in [6.45, 7) is 5.13. The van der Waals surface area contributed by atoms with Gasteiger partial charge in [-0.3, -0.25) is 19.1 Å². The number of hydrogen-bond donors (Lipinski definition) is 1. The molecule has 0 bridgehead atoms. The van der Waals surface area contributed by atoms with E-state index in [1.807, 2.05) is 36.4 Å². The first-order valence-electron chi connectivity index (χ1n) is 11.9. The fourth-order valence-corrected chi connectivity index (χ4v) is 4.24. The summed E-state index contributed by atoms with van der Waals surface area (Å²) < 4.78 is 21.2. The maximum absolute atomic E-state index is 14.4. The molecule has 0 aliphatic rings. The Labute approximate surface area is 218 Å². The van der Waals surface area contributed by atoms with Crippen molar-refractivity contribution in [3.63, 3.8) is 0 Å². The summed E-state index contributed by atoms with van der Waals surface area (Å²) in [7, 11) is 0. The number of carbonyl (C=O) groups is 1. The van der Waals surface area contributed by atoms with Crippen molar-refractivity contribution in [2.24, 2.45) is 0 Å². The van der Waals surface area contributed by atoms with Gasteiger partial charge in [-0.25, -0.2) is 4.79 Å². The minimum absolute atomic E-state index is 0.00984. The van der Waals surface area contributed by atoms with Crippen molar-refractivity contribution in [1.82, 2.24) is 14.5 Å². The highest BCUT2D eigenvalue weighted by Gasteiger charge is 2.25. The SMILES string of the molecule is Cc1cc(C#N)cc(C(=O)c2c(C(C)C)c(=O)[nH]c(=O)n2Cc2cc(F)nc(OCc3ccccc3)c2)c1. The molecule has 2 aromatic heterocycles. The lowest BCUT2D eigenvalue weighted by atomic mass is 9.95. The van der Waals surface area contributed by atoms with Gasteiger partial charge in [0.05, 0.1) is 18.2 Å². The number of nitrogens with zero attached hydrogens (tertiary/aromatic N) is 3. The molecule has 9 heteroatoms. The number of aromatic nitrogens is 3. The van der Waals surface area contributed by atoms with E-state index < -0.39 is 28.9 Å². The average molecular weight is 513 g/mol. The van der Waals surface area contributed by atoms with E-state index in [9.17, 15) is 24.0 Å². The molecule has 4 rings (SSSR count). The number of rotatable bonds is 8. The Kier molecular flexibility index (Phi) is 7.63. The predicted octanol–water partition coefficient (Wildman–Crippen LogP) is 4.23.